The van der Waals surface area contributed by atoms with Gasteiger partial charge in [-0.2, -0.15) is 0 Å². The number of hydrogen-bond donors (Lipinski definition) is 3. The number of aromatic nitrogens is 5. The van der Waals surface area contributed by atoms with Crippen molar-refractivity contribution in [3.8, 4) is 5.82 Å². The number of hydrogen-bond acceptors (Lipinski definition) is 8. The van der Waals surface area contributed by atoms with Crippen molar-refractivity contribution in [3.05, 3.63) is 64.7 Å². The van der Waals surface area contributed by atoms with E-state index in [0.29, 0.717) is 28.2 Å². The summed E-state index contributed by atoms with van der Waals surface area (Å²) in [6.07, 6.45) is 4.27. The minimum absolute atomic E-state index is 0.127. The Morgan fingerprint density at radius 2 is 2.09 bits per heavy atom. The molecule has 1 aliphatic rings. The van der Waals surface area contributed by atoms with Crippen molar-refractivity contribution in [2.75, 3.05) is 30.8 Å². The Morgan fingerprint density at radius 1 is 1.21 bits per heavy atom. The predicted molar refractivity (Wildman–Crippen MR) is 119 cm³/mol. The predicted octanol–water partition coefficient (Wildman–Crippen LogP) is 1.99. The lowest BCUT2D eigenvalue weighted by Gasteiger charge is -2.15. The van der Waals surface area contributed by atoms with Gasteiger partial charge in [0.1, 0.15) is 23.3 Å². The lowest BCUT2D eigenvalue weighted by molar-refractivity contribution is 0.123. The fraction of sp³-hybridized carbons (Fsp3) is 0.190. The lowest BCUT2D eigenvalue weighted by atomic mass is 10.2. The highest BCUT2D eigenvalue weighted by molar-refractivity contribution is 5.94. The number of nitrogens with zero attached hydrogens (tertiary/aromatic N) is 5. The number of pyridine rings is 3. The third-order valence-corrected chi connectivity index (χ3v) is 5.09. The molecule has 11 nitrogen and oxygen atoms in total. The van der Waals surface area contributed by atoms with Crippen molar-refractivity contribution < 1.29 is 13.9 Å². The molecule has 1 amide bonds. The van der Waals surface area contributed by atoms with E-state index in [-0.39, 0.29) is 31.3 Å². The zero-order chi connectivity index (χ0) is 22.9. The molecule has 168 valence electrons. The molecule has 33 heavy (non-hydrogen) atoms. The van der Waals surface area contributed by atoms with Gasteiger partial charge in [0, 0.05) is 32.1 Å². The van der Waals surface area contributed by atoms with Gasteiger partial charge >= 0.3 is 6.03 Å². The molecule has 0 fully saturated rings. The standard InChI is InChI=1S/C21H19FN8O3/c1-23-14-8-16-27-15-7-12(9-29(20(15)31)18-13(22)3-2-4-24-18)10-33-6-5-25-21(32)30-11-26-17(14)19(30)28-16/h2-4,7-9,11H,5-6,10H2,1H3,(H,25,32)(H2,23,27,28). The number of fused-ring (bicyclic) bond motifs is 3. The molecule has 1 aliphatic heterocycles. The third kappa shape index (κ3) is 3.76. The fourth-order valence-corrected chi connectivity index (χ4v) is 3.56. The highest BCUT2D eigenvalue weighted by Gasteiger charge is 2.18. The van der Waals surface area contributed by atoms with Crippen LogP contribution in [0.25, 0.3) is 17.0 Å². The summed E-state index contributed by atoms with van der Waals surface area (Å²) in [7, 11) is 1.71. The monoisotopic (exact) mass is 450 g/mol. The Hall–Kier alpha value is -4.32. The number of anilines is 3. The normalized spacial score (nSPS) is 13.9. The summed E-state index contributed by atoms with van der Waals surface area (Å²) < 4.78 is 22.5. The molecule has 4 aromatic rings. The van der Waals surface area contributed by atoms with E-state index in [1.807, 2.05) is 0 Å². The van der Waals surface area contributed by atoms with Crippen LogP contribution in [0.4, 0.5) is 26.4 Å². The second kappa shape index (κ2) is 8.31. The molecule has 4 bridgehead atoms. The van der Waals surface area contributed by atoms with Crippen molar-refractivity contribution >= 4 is 34.4 Å². The summed E-state index contributed by atoms with van der Waals surface area (Å²) in [5.41, 5.74) is 1.61. The van der Waals surface area contributed by atoms with E-state index < -0.39 is 17.4 Å². The zero-order valence-corrected chi connectivity index (χ0v) is 17.5. The number of nitrogens with one attached hydrogen (secondary N) is 3. The number of halogens is 1. The Labute approximate surface area is 186 Å². The van der Waals surface area contributed by atoms with E-state index in [9.17, 15) is 14.0 Å². The number of carbonyl (C=O) groups excluding carboxylic acids is 1. The van der Waals surface area contributed by atoms with Crippen LogP contribution in [-0.4, -0.2) is 50.3 Å². The van der Waals surface area contributed by atoms with E-state index in [0.717, 1.165) is 4.57 Å². The van der Waals surface area contributed by atoms with Gasteiger partial charge in [0.25, 0.3) is 5.56 Å². The summed E-state index contributed by atoms with van der Waals surface area (Å²) in [6.45, 7) is 0.596. The molecule has 0 aliphatic carbocycles. The molecule has 5 heterocycles. The quantitative estimate of drug-likeness (QED) is 0.423. The molecule has 0 saturated heterocycles. The van der Waals surface area contributed by atoms with Crippen LogP contribution in [0, 0.1) is 5.82 Å². The van der Waals surface area contributed by atoms with Crippen LogP contribution < -0.4 is 21.5 Å². The summed E-state index contributed by atoms with van der Waals surface area (Å²) in [5, 5.41) is 8.77. The van der Waals surface area contributed by atoms with Gasteiger partial charge in [-0.05, 0) is 23.8 Å². The smallest absolute Gasteiger partial charge is 0.328 e. The fourth-order valence-electron chi connectivity index (χ4n) is 3.56. The topological polar surface area (TPSA) is 128 Å². The van der Waals surface area contributed by atoms with Crippen molar-refractivity contribution in [1.29, 1.82) is 0 Å². The molecule has 3 N–H and O–H groups in total. The first-order valence-corrected chi connectivity index (χ1v) is 10.1. The summed E-state index contributed by atoms with van der Waals surface area (Å²) in [4.78, 5) is 38.6. The number of rotatable bonds is 2. The van der Waals surface area contributed by atoms with Gasteiger partial charge in [-0.25, -0.2) is 28.7 Å². The van der Waals surface area contributed by atoms with Crippen LogP contribution in [0.15, 0.2) is 47.8 Å². The SMILES string of the molecule is CNc1cc2nc3c1ncn3C(=O)NCCOCc1cc(c(=O)n(-c3ncccc3F)c1)N2. The average Bonchev–Trinajstić information content (AvgIpc) is 3.24. The summed E-state index contributed by atoms with van der Waals surface area (Å²) in [6, 6.07) is 5.56. The number of amides is 1. The van der Waals surface area contributed by atoms with E-state index >= 15 is 0 Å². The molecular formula is C21H19FN8O3. The minimum atomic E-state index is -0.637. The van der Waals surface area contributed by atoms with Crippen LogP contribution in [0.3, 0.4) is 0 Å². The number of carbonyl (C=O) groups is 1. The lowest BCUT2D eigenvalue weighted by Crippen LogP contribution is -2.31. The van der Waals surface area contributed by atoms with Crippen LogP contribution in [0.2, 0.25) is 0 Å². The molecule has 5 rings (SSSR count). The zero-order valence-electron chi connectivity index (χ0n) is 17.5. The van der Waals surface area contributed by atoms with Crippen LogP contribution in [0.1, 0.15) is 5.56 Å². The maximum absolute atomic E-state index is 14.4. The highest BCUT2D eigenvalue weighted by Crippen LogP contribution is 2.26. The molecular weight excluding hydrogens is 431 g/mol. The second-order valence-electron chi connectivity index (χ2n) is 7.25. The van der Waals surface area contributed by atoms with Gasteiger partial charge in [-0.1, -0.05) is 0 Å². The van der Waals surface area contributed by atoms with E-state index in [1.165, 1.54) is 35.4 Å². The maximum atomic E-state index is 14.4. The Bertz CT molecular complexity index is 1430. The molecule has 0 saturated carbocycles. The highest BCUT2D eigenvalue weighted by atomic mass is 19.1. The Balaban J connectivity index is 1.70. The van der Waals surface area contributed by atoms with E-state index in [4.69, 9.17) is 4.74 Å². The molecule has 4 aromatic heterocycles. The Morgan fingerprint density at radius 3 is 2.91 bits per heavy atom. The van der Waals surface area contributed by atoms with Crippen LogP contribution in [-0.2, 0) is 11.3 Å². The summed E-state index contributed by atoms with van der Waals surface area (Å²) >= 11 is 0. The third-order valence-electron chi connectivity index (χ3n) is 5.09. The second-order valence-corrected chi connectivity index (χ2v) is 7.25. The molecule has 0 unspecified atom stereocenters. The van der Waals surface area contributed by atoms with Gasteiger partial charge in [0.15, 0.2) is 17.3 Å². The van der Waals surface area contributed by atoms with Gasteiger partial charge < -0.3 is 20.7 Å². The van der Waals surface area contributed by atoms with Gasteiger partial charge in [-0.3, -0.25) is 9.36 Å². The van der Waals surface area contributed by atoms with E-state index in [2.05, 4.69) is 30.9 Å². The van der Waals surface area contributed by atoms with Gasteiger partial charge in [-0.15, -0.1) is 0 Å². The largest absolute Gasteiger partial charge is 0.386 e. The Kier molecular flexibility index (Phi) is 5.18. The molecule has 0 aromatic carbocycles. The minimum Gasteiger partial charge on any atom is -0.386 e. The first-order valence-electron chi connectivity index (χ1n) is 10.1. The molecule has 12 heteroatoms. The van der Waals surface area contributed by atoms with Gasteiger partial charge in [0.05, 0.1) is 18.9 Å². The maximum Gasteiger partial charge on any atom is 0.328 e. The van der Waals surface area contributed by atoms with Crippen molar-refractivity contribution in [1.82, 2.24) is 29.4 Å². The van der Waals surface area contributed by atoms with Gasteiger partial charge in [0.2, 0.25) is 0 Å². The van der Waals surface area contributed by atoms with Crippen LogP contribution in [0.5, 0.6) is 0 Å². The first-order chi connectivity index (χ1) is 16.0. The molecule has 0 atom stereocenters. The average molecular weight is 450 g/mol. The summed E-state index contributed by atoms with van der Waals surface area (Å²) in [5.74, 6) is -0.471. The number of ether oxygens (including phenoxy) is 1. The number of imidazole rings is 1. The first kappa shape index (κ1) is 20.6. The van der Waals surface area contributed by atoms with Crippen molar-refractivity contribution in [3.63, 3.8) is 0 Å². The van der Waals surface area contributed by atoms with Crippen molar-refractivity contribution in [2.24, 2.45) is 0 Å². The van der Waals surface area contributed by atoms with Crippen molar-refractivity contribution in [2.45, 2.75) is 6.61 Å². The molecule has 0 radical (unpaired) electrons. The van der Waals surface area contributed by atoms with Crippen LogP contribution >= 0.6 is 0 Å². The molecule has 0 spiro atoms. The van der Waals surface area contributed by atoms with E-state index in [1.54, 1.807) is 19.2 Å².